The molecule has 0 saturated heterocycles. The van der Waals surface area contributed by atoms with Gasteiger partial charge in [0.25, 0.3) is 0 Å². The first-order chi connectivity index (χ1) is 30.7. The fraction of sp³-hybridized carbons (Fsp3) is 0. The van der Waals surface area contributed by atoms with E-state index in [2.05, 4.69) is 252 Å². The standard InChI is InChI=1S/C60H40N2/c1-3-17-51(18-4-1)61-57-23-9-7-21-53(57)55-39-49(33-35-59(55)61)47-15-11-13-45(37-47)43-29-25-41(26-30-43)42-27-31-44(32-28-42)46-14-12-16-48(38-46)50-34-36-60-56(40-50)54-22-8-10-24-58(54)62(60)52-19-5-2-6-20-52/h1-40H. The zero-order chi connectivity index (χ0) is 41.0. The Bertz CT molecular complexity index is 3350. The highest BCUT2D eigenvalue weighted by atomic mass is 15.0. The normalized spacial score (nSPS) is 11.5. The highest BCUT2D eigenvalue weighted by Gasteiger charge is 2.15. The van der Waals surface area contributed by atoms with Crippen molar-refractivity contribution in [2.45, 2.75) is 0 Å². The van der Waals surface area contributed by atoms with Crippen LogP contribution in [0.2, 0.25) is 0 Å². The number of hydrogen-bond acceptors (Lipinski definition) is 0. The van der Waals surface area contributed by atoms with E-state index < -0.39 is 0 Å². The lowest BCUT2D eigenvalue weighted by molar-refractivity contribution is 1.18. The van der Waals surface area contributed by atoms with Gasteiger partial charge in [0.1, 0.15) is 0 Å². The van der Waals surface area contributed by atoms with Crippen molar-refractivity contribution in [1.82, 2.24) is 9.13 Å². The van der Waals surface area contributed by atoms with Gasteiger partial charge < -0.3 is 9.13 Å². The molecule has 0 aliphatic heterocycles. The van der Waals surface area contributed by atoms with E-state index in [1.807, 2.05) is 0 Å². The second kappa shape index (κ2) is 14.8. The summed E-state index contributed by atoms with van der Waals surface area (Å²) in [5, 5.41) is 5.05. The number of hydrogen-bond donors (Lipinski definition) is 0. The average Bonchev–Trinajstić information content (AvgIpc) is 3.87. The van der Waals surface area contributed by atoms with E-state index in [1.165, 1.54) is 111 Å². The van der Waals surface area contributed by atoms with Gasteiger partial charge in [0.15, 0.2) is 0 Å². The Hall–Kier alpha value is -8.20. The molecular formula is C60H40N2. The van der Waals surface area contributed by atoms with E-state index in [0.29, 0.717) is 0 Å². The SMILES string of the molecule is c1ccc(-n2c3ccccc3c3cc(-c4cccc(-c5ccc(-c6ccc(-c7cccc(-c8ccc9c(c8)c8ccccc8n9-c8ccccc8)c7)cc6)cc5)c4)ccc32)cc1. The molecule has 0 atom stereocenters. The van der Waals surface area contributed by atoms with Crippen LogP contribution in [0.3, 0.4) is 0 Å². The molecule has 0 spiro atoms. The predicted molar refractivity (Wildman–Crippen MR) is 262 cm³/mol. The number of fused-ring (bicyclic) bond motifs is 6. The van der Waals surface area contributed by atoms with Gasteiger partial charge in [0, 0.05) is 32.9 Å². The summed E-state index contributed by atoms with van der Waals surface area (Å²) in [5.41, 5.74) is 19.3. The van der Waals surface area contributed by atoms with Crippen LogP contribution in [0.4, 0.5) is 0 Å². The minimum atomic E-state index is 1.17. The lowest BCUT2D eigenvalue weighted by Gasteiger charge is -2.10. The summed E-state index contributed by atoms with van der Waals surface area (Å²) in [6.45, 7) is 0. The topological polar surface area (TPSA) is 9.86 Å². The summed E-state index contributed by atoms with van der Waals surface area (Å²) in [6, 6.07) is 88.3. The van der Waals surface area contributed by atoms with E-state index in [-0.39, 0.29) is 0 Å². The molecule has 0 fully saturated rings. The number of benzene rings is 10. The monoisotopic (exact) mass is 788 g/mol. The second-order valence-corrected chi connectivity index (χ2v) is 16.2. The molecule has 0 bridgehead atoms. The Morgan fingerprint density at radius 3 is 0.871 bits per heavy atom. The van der Waals surface area contributed by atoms with E-state index in [4.69, 9.17) is 0 Å². The molecule has 0 saturated carbocycles. The number of rotatable bonds is 7. The van der Waals surface area contributed by atoms with Crippen LogP contribution < -0.4 is 0 Å². The maximum absolute atomic E-state index is 2.37. The van der Waals surface area contributed by atoms with Crippen molar-refractivity contribution in [3.05, 3.63) is 243 Å². The molecule has 2 heterocycles. The van der Waals surface area contributed by atoms with Gasteiger partial charge in [-0.1, -0.05) is 170 Å². The smallest absolute Gasteiger partial charge is 0.0541 e. The highest BCUT2D eigenvalue weighted by molar-refractivity contribution is 6.11. The van der Waals surface area contributed by atoms with E-state index in [9.17, 15) is 0 Å². The molecule has 10 aromatic carbocycles. The highest BCUT2D eigenvalue weighted by Crippen LogP contribution is 2.38. The molecule has 0 aliphatic carbocycles. The van der Waals surface area contributed by atoms with Crippen molar-refractivity contribution in [1.29, 1.82) is 0 Å². The van der Waals surface area contributed by atoms with E-state index >= 15 is 0 Å². The number of para-hydroxylation sites is 4. The van der Waals surface area contributed by atoms with Crippen molar-refractivity contribution >= 4 is 43.6 Å². The van der Waals surface area contributed by atoms with Crippen LogP contribution in [0.15, 0.2) is 243 Å². The summed E-state index contributed by atoms with van der Waals surface area (Å²) in [4.78, 5) is 0. The molecular weight excluding hydrogens is 749 g/mol. The fourth-order valence-corrected chi connectivity index (χ4v) is 9.48. The molecule has 12 rings (SSSR count). The summed E-state index contributed by atoms with van der Waals surface area (Å²) in [6.07, 6.45) is 0. The Labute approximate surface area is 360 Å². The van der Waals surface area contributed by atoms with Crippen molar-refractivity contribution in [2.24, 2.45) is 0 Å². The molecule has 0 unspecified atom stereocenters. The second-order valence-electron chi connectivity index (χ2n) is 16.2. The molecule has 62 heavy (non-hydrogen) atoms. The molecule has 0 amide bonds. The van der Waals surface area contributed by atoms with Crippen molar-refractivity contribution < 1.29 is 0 Å². The number of aromatic nitrogens is 2. The molecule has 12 aromatic rings. The number of nitrogens with zero attached hydrogens (tertiary/aromatic N) is 2. The Morgan fingerprint density at radius 2 is 0.468 bits per heavy atom. The van der Waals surface area contributed by atoms with Crippen molar-refractivity contribution in [3.8, 4) is 67.0 Å². The molecule has 0 aliphatic rings. The summed E-state index contributed by atoms with van der Waals surface area (Å²) in [7, 11) is 0. The van der Waals surface area contributed by atoms with Crippen LogP contribution in [0.25, 0.3) is 111 Å². The quantitative estimate of drug-likeness (QED) is 0.152. The van der Waals surface area contributed by atoms with Gasteiger partial charge in [-0.05, 0) is 128 Å². The van der Waals surface area contributed by atoms with Crippen LogP contribution in [0, 0.1) is 0 Å². The van der Waals surface area contributed by atoms with Gasteiger partial charge in [0.05, 0.1) is 22.1 Å². The van der Waals surface area contributed by atoms with Gasteiger partial charge in [-0.2, -0.15) is 0 Å². The first-order valence-corrected chi connectivity index (χ1v) is 21.3. The predicted octanol–water partition coefficient (Wildman–Crippen LogP) is 16.2. The van der Waals surface area contributed by atoms with Gasteiger partial charge >= 0.3 is 0 Å². The van der Waals surface area contributed by atoms with E-state index in [1.54, 1.807) is 0 Å². The summed E-state index contributed by atoms with van der Waals surface area (Å²) < 4.78 is 4.74. The third kappa shape index (κ3) is 6.12. The lowest BCUT2D eigenvalue weighted by atomic mass is 9.95. The molecule has 2 aromatic heterocycles. The first-order valence-electron chi connectivity index (χ1n) is 21.3. The van der Waals surface area contributed by atoms with Crippen LogP contribution in [0.1, 0.15) is 0 Å². The molecule has 290 valence electrons. The van der Waals surface area contributed by atoms with Gasteiger partial charge in [-0.3, -0.25) is 0 Å². The molecule has 0 N–H and O–H groups in total. The van der Waals surface area contributed by atoms with Crippen LogP contribution in [-0.2, 0) is 0 Å². The van der Waals surface area contributed by atoms with E-state index in [0.717, 1.165) is 0 Å². The summed E-state index contributed by atoms with van der Waals surface area (Å²) in [5.74, 6) is 0. The minimum absolute atomic E-state index is 1.17. The van der Waals surface area contributed by atoms with Gasteiger partial charge in [-0.25, -0.2) is 0 Å². The van der Waals surface area contributed by atoms with Gasteiger partial charge in [-0.15, -0.1) is 0 Å². The van der Waals surface area contributed by atoms with Crippen molar-refractivity contribution in [2.75, 3.05) is 0 Å². The third-order valence-electron chi connectivity index (χ3n) is 12.5. The average molecular weight is 789 g/mol. The Balaban J connectivity index is 0.804. The maximum Gasteiger partial charge on any atom is 0.0541 e. The zero-order valence-electron chi connectivity index (χ0n) is 34.0. The largest absolute Gasteiger partial charge is 0.309 e. The zero-order valence-corrected chi connectivity index (χ0v) is 34.0. The Kier molecular flexibility index (Phi) is 8.53. The van der Waals surface area contributed by atoms with Crippen LogP contribution >= 0.6 is 0 Å². The first kappa shape index (κ1) is 35.7. The van der Waals surface area contributed by atoms with Gasteiger partial charge in [0.2, 0.25) is 0 Å². The van der Waals surface area contributed by atoms with Crippen molar-refractivity contribution in [3.63, 3.8) is 0 Å². The Morgan fingerprint density at radius 1 is 0.177 bits per heavy atom. The minimum Gasteiger partial charge on any atom is -0.309 e. The fourth-order valence-electron chi connectivity index (χ4n) is 9.48. The maximum atomic E-state index is 2.37. The lowest BCUT2D eigenvalue weighted by Crippen LogP contribution is -1.92. The van der Waals surface area contributed by atoms with Crippen LogP contribution in [-0.4, -0.2) is 9.13 Å². The summed E-state index contributed by atoms with van der Waals surface area (Å²) >= 11 is 0. The molecule has 0 radical (unpaired) electrons. The third-order valence-corrected chi connectivity index (χ3v) is 12.5. The molecule has 2 nitrogen and oxygen atoms in total. The molecule has 2 heteroatoms. The van der Waals surface area contributed by atoms with Crippen LogP contribution in [0.5, 0.6) is 0 Å².